The number of carboxylic acids is 1. The molecule has 0 spiro atoms. The van der Waals surface area contributed by atoms with Gasteiger partial charge in [-0.15, -0.1) is 0 Å². The Morgan fingerprint density at radius 2 is 2.09 bits per heavy atom. The molecule has 32 heavy (non-hydrogen) atoms. The summed E-state index contributed by atoms with van der Waals surface area (Å²) in [5.74, 6) is -0.496. The van der Waals surface area contributed by atoms with Gasteiger partial charge in [0, 0.05) is 19.2 Å². The zero-order valence-corrected chi connectivity index (χ0v) is 19.2. The topological polar surface area (TPSA) is 106 Å². The highest BCUT2D eigenvalue weighted by Gasteiger charge is 2.36. The number of aryl methyl sites for hydroxylation is 1. The number of ether oxygens (including phenoxy) is 1. The van der Waals surface area contributed by atoms with E-state index in [1.807, 2.05) is 26.0 Å². The zero-order valence-electron chi connectivity index (χ0n) is 18.4. The minimum absolute atomic E-state index is 0.100. The maximum Gasteiger partial charge on any atom is 0.356 e. The lowest BCUT2D eigenvalue weighted by molar-refractivity contribution is 0.0691. The van der Waals surface area contributed by atoms with E-state index in [4.69, 9.17) is 21.3 Å². The van der Waals surface area contributed by atoms with Crippen molar-refractivity contribution in [2.75, 3.05) is 18.5 Å². The number of anilines is 1. The van der Waals surface area contributed by atoms with Crippen molar-refractivity contribution in [2.45, 2.75) is 38.6 Å². The summed E-state index contributed by atoms with van der Waals surface area (Å²) in [6.45, 7) is 7.01. The van der Waals surface area contributed by atoms with Crippen molar-refractivity contribution in [1.29, 1.82) is 0 Å². The van der Waals surface area contributed by atoms with E-state index in [1.54, 1.807) is 17.7 Å². The average Bonchev–Trinajstić information content (AvgIpc) is 3.18. The summed E-state index contributed by atoms with van der Waals surface area (Å²) >= 11 is 5.88. The molecule has 3 aromatic rings. The van der Waals surface area contributed by atoms with Crippen molar-refractivity contribution < 1.29 is 14.6 Å². The van der Waals surface area contributed by atoms with E-state index in [0.717, 1.165) is 17.5 Å². The molecular weight excluding hydrogens is 432 g/mol. The van der Waals surface area contributed by atoms with Crippen LogP contribution in [-0.2, 0) is 17.2 Å². The second kappa shape index (κ2) is 8.18. The molecule has 168 valence electrons. The van der Waals surface area contributed by atoms with Crippen LogP contribution < -0.4 is 10.9 Å². The Morgan fingerprint density at radius 1 is 1.34 bits per heavy atom. The number of benzene rings is 1. The number of carboxylic acid groups (broad SMARTS) is 1. The highest BCUT2D eigenvalue weighted by Crippen LogP contribution is 2.33. The smallest absolute Gasteiger partial charge is 0.356 e. The SMILES string of the molecule is Cc1cc(C(C)Nc2ccc(Cl)nc2C(=O)O)c2nc(C3(C)CCOC3)n(C)c(=O)c2c1. The predicted molar refractivity (Wildman–Crippen MR) is 123 cm³/mol. The van der Waals surface area contributed by atoms with Gasteiger partial charge in [0.1, 0.15) is 11.0 Å². The van der Waals surface area contributed by atoms with Crippen LogP contribution in [0.3, 0.4) is 0 Å². The third kappa shape index (κ3) is 3.84. The first kappa shape index (κ1) is 22.2. The lowest BCUT2D eigenvalue weighted by atomic mass is 9.88. The van der Waals surface area contributed by atoms with Crippen LogP contribution in [0.2, 0.25) is 5.15 Å². The van der Waals surface area contributed by atoms with Crippen LogP contribution in [0.5, 0.6) is 0 Å². The van der Waals surface area contributed by atoms with Crippen LogP contribution in [0, 0.1) is 6.92 Å². The van der Waals surface area contributed by atoms with Crippen LogP contribution in [0.1, 0.15) is 53.7 Å². The molecule has 9 heteroatoms. The lowest BCUT2D eigenvalue weighted by Crippen LogP contribution is -2.34. The van der Waals surface area contributed by atoms with Gasteiger partial charge in [-0.2, -0.15) is 0 Å². The number of nitrogens with zero attached hydrogens (tertiary/aromatic N) is 3. The fourth-order valence-electron chi connectivity index (χ4n) is 4.29. The van der Waals surface area contributed by atoms with Gasteiger partial charge in [-0.3, -0.25) is 9.36 Å². The Hall–Kier alpha value is -2.97. The third-order valence-corrected chi connectivity index (χ3v) is 6.23. The van der Waals surface area contributed by atoms with Gasteiger partial charge in [0.05, 0.1) is 34.7 Å². The first-order valence-corrected chi connectivity index (χ1v) is 10.7. The summed E-state index contributed by atoms with van der Waals surface area (Å²) in [6.07, 6.45) is 0.784. The van der Waals surface area contributed by atoms with Gasteiger partial charge in [-0.25, -0.2) is 14.8 Å². The number of fused-ring (bicyclic) bond motifs is 1. The molecule has 8 nitrogen and oxygen atoms in total. The number of carbonyl (C=O) groups is 1. The maximum atomic E-state index is 13.3. The average molecular weight is 457 g/mol. The van der Waals surface area contributed by atoms with Crippen LogP contribution in [0.25, 0.3) is 10.9 Å². The van der Waals surface area contributed by atoms with E-state index in [2.05, 4.69) is 17.2 Å². The number of halogens is 1. The molecular formula is C23H25ClN4O4. The van der Waals surface area contributed by atoms with E-state index < -0.39 is 5.97 Å². The zero-order chi connectivity index (χ0) is 23.2. The second-order valence-electron chi connectivity index (χ2n) is 8.61. The van der Waals surface area contributed by atoms with E-state index in [0.29, 0.717) is 35.6 Å². The fourth-order valence-corrected chi connectivity index (χ4v) is 4.44. The van der Waals surface area contributed by atoms with E-state index in [1.165, 1.54) is 6.07 Å². The van der Waals surface area contributed by atoms with Crippen molar-refractivity contribution in [2.24, 2.45) is 7.05 Å². The molecule has 1 saturated heterocycles. The van der Waals surface area contributed by atoms with E-state index >= 15 is 0 Å². The molecule has 1 aromatic carbocycles. The summed E-state index contributed by atoms with van der Waals surface area (Å²) in [7, 11) is 1.75. The Labute approximate surface area is 190 Å². The Morgan fingerprint density at radius 3 is 2.75 bits per heavy atom. The van der Waals surface area contributed by atoms with Crippen LogP contribution in [-0.4, -0.2) is 38.8 Å². The van der Waals surface area contributed by atoms with E-state index in [9.17, 15) is 14.7 Å². The molecule has 0 saturated carbocycles. The summed E-state index contributed by atoms with van der Waals surface area (Å²) in [6, 6.07) is 6.57. The second-order valence-corrected chi connectivity index (χ2v) is 9.00. The largest absolute Gasteiger partial charge is 0.476 e. The molecule has 1 aliphatic heterocycles. The highest BCUT2D eigenvalue weighted by molar-refractivity contribution is 6.29. The summed E-state index contributed by atoms with van der Waals surface area (Å²) in [5.41, 5.74) is 2.02. The molecule has 2 aromatic heterocycles. The molecule has 2 atom stereocenters. The fraction of sp³-hybridized carbons (Fsp3) is 0.391. The number of pyridine rings is 1. The van der Waals surface area contributed by atoms with Gasteiger partial charge < -0.3 is 15.2 Å². The third-order valence-electron chi connectivity index (χ3n) is 6.02. The number of rotatable bonds is 5. The van der Waals surface area contributed by atoms with E-state index in [-0.39, 0.29) is 27.9 Å². The lowest BCUT2D eigenvalue weighted by Gasteiger charge is -2.25. The molecule has 2 N–H and O–H groups in total. The maximum absolute atomic E-state index is 13.3. The Kier molecular flexibility index (Phi) is 5.68. The van der Waals surface area contributed by atoms with Crippen molar-refractivity contribution in [1.82, 2.24) is 14.5 Å². The van der Waals surface area contributed by atoms with Crippen LogP contribution >= 0.6 is 11.6 Å². The Bertz CT molecular complexity index is 1280. The first-order chi connectivity index (χ1) is 15.1. The standard InChI is InChI=1S/C23H25ClN4O4/c1-12-9-14(13(2)25-16-5-6-17(24)26-19(16)21(30)31)18-15(10-12)20(29)28(4)22(27-18)23(3)7-8-32-11-23/h5-6,9-10,13,25H,7-8,11H2,1-4H3,(H,30,31). The van der Waals surface area contributed by atoms with Crippen LogP contribution in [0.4, 0.5) is 5.69 Å². The van der Waals surface area contributed by atoms with Gasteiger partial charge in [-0.05, 0) is 44.0 Å². The molecule has 2 unspecified atom stereocenters. The number of hydrogen-bond acceptors (Lipinski definition) is 6. The molecule has 0 bridgehead atoms. The van der Waals surface area contributed by atoms with Crippen molar-refractivity contribution in [3.8, 4) is 0 Å². The highest BCUT2D eigenvalue weighted by atomic mass is 35.5. The monoisotopic (exact) mass is 456 g/mol. The molecule has 3 heterocycles. The molecule has 0 amide bonds. The quantitative estimate of drug-likeness (QED) is 0.562. The normalized spacial score (nSPS) is 19.3. The molecule has 1 aliphatic rings. The van der Waals surface area contributed by atoms with Crippen molar-refractivity contribution in [3.05, 3.63) is 62.4 Å². The molecule has 1 fully saturated rings. The van der Waals surface area contributed by atoms with Gasteiger partial charge in [-0.1, -0.05) is 24.6 Å². The molecule has 0 aliphatic carbocycles. The number of aromatic nitrogens is 3. The first-order valence-electron chi connectivity index (χ1n) is 10.4. The van der Waals surface area contributed by atoms with Gasteiger partial charge in [0.25, 0.3) is 5.56 Å². The van der Waals surface area contributed by atoms with Gasteiger partial charge >= 0.3 is 5.97 Å². The van der Waals surface area contributed by atoms with Crippen molar-refractivity contribution in [3.63, 3.8) is 0 Å². The molecule has 0 radical (unpaired) electrons. The number of aromatic carboxylic acids is 1. The molecule has 4 rings (SSSR count). The number of hydrogen-bond donors (Lipinski definition) is 2. The number of nitrogens with one attached hydrogen (secondary N) is 1. The minimum atomic E-state index is -1.18. The summed E-state index contributed by atoms with van der Waals surface area (Å²) in [4.78, 5) is 33.8. The summed E-state index contributed by atoms with van der Waals surface area (Å²) < 4.78 is 7.22. The van der Waals surface area contributed by atoms with Crippen molar-refractivity contribution >= 4 is 34.2 Å². The Balaban J connectivity index is 1.86. The van der Waals surface area contributed by atoms with Crippen LogP contribution in [0.15, 0.2) is 29.1 Å². The minimum Gasteiger partial charge on any atom is -0.476 e. The summed E-state index contributed by atoms with van der Waals surface area (Å²) in [5, 5.41) is 13.3. The predicted octanol–water partition coefficient (Wildman–Crippen LogP) is 3.84. The van der Waals surface area contributed by atoms with Gasteiger partial charge in [0.15, 0.2) is 5.69 Å². The van der Waals surface area contributed by atoms with Gasteiger partial charge in [0.2, 0.25) is 0 Å².